The van der Waals surface area contributed by atoms with Crippen LogP contribution in [0, 0.1) is 0 Å². The lowest BCUT2D eigenvalue weighted by Crippen LogP contribution is -2.10. The maximum absolute atomic E-state index is 13.2. The van der Waals surface area contributed by atoms with Crippen molar-refractivity contribution in [2.75, 3.05) is 0 Å². The molecule has 0 radical (unpaired) electrons. The van der Waals surface area contributed by atoms with Crippen LogP contribution in [0.15, 0.2) is 54.6 Å². The van der Waals surface area contributed by atoms with Gasteiger partial charge in [-0.2, -0.15) is 13.2 Å². The quantitative estimate of drug-likeness (QED) is 0.543. The number of hydrogen-bond donors (Lipinski definition) is 0. The Kier molecular flexibility index (Phi) is 4.47. The number of alkyl halides is 3. The highest BCUT2D eigenvalue weighted by Gasteiger charge is 2.33. The number of hydrogen-bond acceptors (Lipinski definition) is 2. The van der Waals surface area contributed by atoms with Crippen LogP contribution in [-0.4, -0.2) is 9.97 Å². The van der Waals surface area contributed by atoms with E-state index in [-0.39, 0.29) is 11.5 Å². The number of halogens is 5. The van der Waals surface area contributed by atoms with Gasteiger partial charge < -0.3 is 0 Å². The third kappa shape index (κ3) is 3.68. The molecule has 0 unspecified atom stereocenters. The van der Waals surface area contributed by atoms with E-state index < -0.39 is 11.9 Å². The lowest BCUT2D eigenvalue weighted by atomic mass is 10.1. The van der Waals surface area contributed by atoms with Gasteiger partial charge in [0.15, 0.2) is 5.82 Å². The highest BCUT2D eigenvalue weighted by Crippen LogP contribution is 2.32. The van der Waals surface area contributed by atoms with E-state index in [0.29, 0.717) is 21.2 Å². The van der Waals surface area contributed by atoms with Crippen molar-refractivity contribution < 1.29 is 13.2 Å². The van der Waals surface area contributed by atoms with E-state index in [1.807, 2.05) is 0 Å². The summed E-state index contributed by atoms with van der Waals surface area (Å²) in [4.78, 5) is 7.89. The predicted molar refractivity (Wildman–Crippen MR) is 87.9 cm³/mol. The molecule has 0 atom stereocenters. The van der Waals surface area contributed by atoms with E-state index in [9.17, 15) is 13.2 Å². The van der Waals surface area contributed by atoms with Gasteiger partial charge in [0.1, 0.15) is 5.69 Å². The maximum Gasteiger partial charge on any atom is 0.433 e. The topological polar surface area (TPSA) is 25.8 Å². The Morgan fingerprint density at radius 2 is 1.21 bits per heavy atom. The summed E-state index contributed by atoms with van der Waals surface area (Å²) in [6.45, 7) is 0. The van der Waals surface area contributed by atoms with Crippen molar-refractivity contribution in [1.29, 1.82) is 0 Å². The molecule has 7 heteroatoms. The van der Waals surface area contributed by atoms with E-state index in [4.69, 9.17) is 23.2 Å². The highest BCUT2D eigenvalue weighted by molar-refractivity contribution is 6.30. The van der Waals surface area contributed by atoms with Crippen LogP contribution in [0.1, 0.15) is 5.69 Å². The van der Waals surface area contributed by atoms with Crippen molar-refractivity contribution in [2.24, 2.45) is 0 Å². The van der Waals surface area contributed by atoms with Crippen LogP contribution in [0.25, 0.3) is 22.6 Å². The van der Waals surface area contributed by atoms with Crippen molar-refractivity contribution in [3.05, 3.63) is 70.3 Å². The van der Waals surface area contributed by atoms with Crippen LogP contribution in [0.5, 0.6) is 0 Å². The van der Waals surface area contributed by atoms with Crippen LogP contribution in [0.3, 0.4) is 0 Å². The van der Waals surface area contributed by atoms with Gasteiger partial charge in [-0.3, -0.25) is 0 Å². The summed E-state index contributed by atoms with van der Waals surface area (Å²) in [5.74, 6) is -0.0218. The summed E-state index contributed by atoms with van der Waals surface area (Å²) in [5.41, 5.74) is 0.120. The first kappa shape index (κ1) is 16.7. The molecule has 0 bridgehead atoms. The van der Waals surface area contributed by atoms with Gasteiger partial charge in [0.25, 0.3) is 0 Å². The second kappa shape index (κ2) is 6.42. The zero-order valence-electron chi connectivity index (χ0n) is 12.0. The molecular weight excluding hydrogens is 360 g/mol. The molecule has 0 amide bonds. The molecular formula is C17H9Cl2F3N2. The molecule has 1 heterocycles. The van der Waals surface area contributed by atoms with Crippen LogP contribution in [0.4, 0.5) is 13.2 Å². The summed E-state index contributed by atoms with van der Waals surface area (Å²) in [6, 6.07) is 13.6. The molecule has 0 aliphatic rings. The molecule has 0 saturated heterocycles. The Morgan fingerprint density at radius 1 is 0.708 bits per heavy atom. The predicted octanol–water partition coefficient (Wildman–Crippen LogP) is 6.14. The molecule has 3 aromatic rings. The highest BCUT2D eigenvalue weighted by atomic mass is 35.5. The summed E-state index contributed by atoms with van der Waals surface area (Å²) in [6.07, 6.45) is -4.58. The minimum absolute atomic E-state index is 0.0218. The first-order valence-corrected chi connectivity index (χ1v) is 7.57. The molecule has 24 heavy (non-hydrogen) atoms. The van der Waals surface area contributed by atoms with Gasteiger partial charge in [-0.05, 0) is 42.5 Å². The van der Waals surface area contributed by atoms with Crippen LogP contribution in [-0.2, 0) is 6.18 Å². The smallest absolute Gasteiger partial charge is 0.228 e. The summed E-state index contributed by atoms with van der Waals surface area (Å²) in [5, 5.41) is 0.963. The van der Waals surface area contributed by atoms with Crippen LogP contribution < -0.4 is 0 Å². The molecule has 0 aliphatic carbocycles. The van der Waals surface area contributed by atoms with Crippen molar-refractivity contribution in [2.45, 2.75) is 6.18 Å². The zero-order chi connectivity index (χ0) is 17.3. The first-order chi connectivity index (χ1) is 11.3. The first-order valence-electron chi connectivity index (χ1n) is 6.81. The molecule has 0 spiro atoms. The van der Waals surface area contributed by atoms with Crippen molar-refractivity contribution in [1.82, 2.24) is 9.97 Å². The van der Waals surface area contributed by atoms with Crippen LogP contribution >= 0.6 is 23.2 Å². The second-order valence-corrected chi connectivity index (χ2v) is 5.85. The molecule has 0 fully saturated rings. The molecule has 122 valence electrons. The Balaban J connectivity index is 2.17. The van der Waals surface area contributed by atoms with E-state index >= 15 is 0 Å². The van der Waals surface area contributed by atoms with Gasteiger partial charge in [0.05, 0.1) is 5.69 Å². The van der Waals surface area contributed by atoms with E-state index in [1.165, 1.54) is 0 Å². The Bertz CT molecular complexity index is 797. The molecule has 3 rings (SSSR count). The van der Waals surface area contributed by atoms with Gasteiger partial charge in [-0.15, -0.1) is 0 Å². The maximum atomic E-state index is 13.2. The van der Waals surface area contributed by atoms with E-state index in [1.54, 1.807) is 48.5 Å². The Labute approximate surface area is 145 Å². The Hall–Kier alpha value is -2.11. The molecule has 0 aliphatic heterocycles. The van der Waals surface area contributed by atoms with Crippen molar-refractivity contribution in [3.8, 4) is 22.6 Å². The summed E-state index contributed by atoms with van der Waals surface area (Å²) in [7, 11) is 0. The normalized spacial score (nSPS) is 11.5. The molecule has 2 nitrogen and oxygen atoms in total. The number of aromatic nitrogens is 2. The fraction of sp³-hybridized carbons (Fsp3) is 0.0588. The van der Waals surface area contributed by atoms with E-state index in [0.717, 1.165) is 6.07 Å². The third-order valence-corrected chi connectivity index (χ3v) is 3.76. The molecule has 0 N–H and O–H groups in total. The van der Waals surface area contributed by atoms with Crippen molar-refractivity contribution >= 4 is 23.2 Å². The van der Waals surface area contributed by atoms with Gasteiger partial charge in [-0.25, -0.2) is 9.97 Å². The fourth-order valence-electron chi connectivity index (χ4n) is 2.09. The number of rotatable bonds is 2. The average Bonchev–Trinajstić information content (AvgIpc) is 2.55. The van der Waals surface area contributed by atoms with Gasteiger partial charge in [0.2, 0.25) is 0 Å². The lowest BCUT2D eigenvalue weighted by Gasteiger charge is -2.11. The third-order valence-electron chi connectivity index (χ3n) is 3.26. The van der Waals surface area contributed by atoms with Gasteiger partial charge >= 0.3 is 6.18 Å². The van der Waals surface area contributed by atoms with Crippen LogP contribution in [0.2, 0.25) is 10.0 Å². The molecule has 1 aromatic heterocycles. The summed E-state index contributed by atoms with van der Waals surface area (Å²) < 4.78 is 39.5. The molecule has 2 aromatic carbocycles. The standard InChI is InChI=1S/C17H9Cl2F3N2/c18-12-5-1-10(2-6-12)14-9-15(17(20,21)22)24-16(23-14)11-3-7-13(19)8-4-11/h1-9H. The Morgan fingerprint density at radius 3 is 1.71 bits per heavy atom. The molecule has 0 saturated carbocycles. The fourth-order valence-corrected chi connectivity index (χ4v) is 2.34. The summed E-state index contributed by atoms with van der Waals surface area (Å²) >= 11 is 11.6. The van der Waals surface area contributed by atoms with E-state index in [2.05, 4.69) is 9.97 Å². The van der Waals surface area contributed by atoms with Gasteiger partial charge in [0, 0.05) is 21.2 Å². The average molecular weight is 369 g/mol. The zero-order valence-corrected chi connectivity index (χ0v) is 13.5. The lowest BCUT2D eigenvalue weighted by molar-refractivity contribution is -0.141. The second-order valence-electron chi connectivity index (χ2n) is 4.97. The van der Waals surface area contributed by atoms with Gasteiger partial charge in [-0.1, -0.05) is 35.3 Å². The SMILES string of the molecule is FC(F)(F)c1cc(-c2ccc(Cl)cc2)nc(-c2ccc(Cl)cc2)n1. The number of nitrogens with zero attached hydrogens (tertiary/aromatic N) is 2. The van der Waals surface area contributed by atoms with Crippen molar-refractivity contribution in [3.63, 3.8) is 0 Å². The minimum Gasteiger partial charge on any atom is -0.228 e. The largest absolute Gasteiger partial charge is 0.433 e. The monoisotopic (exact) mass is 368 g/mol. The minimum atomic E-state index is -4.58. The number of benzene rings is 2.